The molecule has 124 valence electrons. The summed E-state index contributed by atoms with van der Waals surface area (Å²) in [6.45, 7) is 0.906. The molecule has 2 aromatic rings. The third-order valence-electron chi connectivity index (χ3n) is 3.04. The van der Waals surface area contributed by atoms with E-state index in [9.17, 15) is 9.59 Å². The maximum Gasteiger partial charge on any atom is 0.271 e. The van der Waals surface area contributed by atoms with Crippen LogP contribution < -0.4 is 16.4 Å². The molecule has 1 aromatic carbocycles. The minimum atomic E-state index is -0.213. The van der Waals surface area contributed by atoms with E-state index < -0.39 is 0 Å². The maximum atomic E-state index is 12.0. The summed E-state index contributed by atoms with van der Waals surface area (Å²) in [6, 6.07) is 7.07. The van der Waals surface area contributed by atoms with Gasteiger partial charge >= 0.3 is 0 Å². The molecule has 0 fully saturated rings. The number of carbonyl (C=O) groups is 2. The molecule has 23 heavy (non-hydrogen) atoms. The smallest absolute Gasteiger partial charge is 0.271 e. The Hall–Kier alpha value is -1.96. The molecule has 0 saturated carbocycles. The quantitative estimate of drug-likeness (QED) is 0.729. The number of hydrogen-bond acceptors (Lipinski definition) is 5. The Kier molecular flexibility index (Phi) is 7.67. The molecule has 0 aliphatic heterocycles. The second kappa shape index (κ2) is 9.24. The van der Waals surface area contributed by atoms with Crippen molar-refractivity contribution in [3.05, 3.63) is 51.5 Å². The van der Waals surface area contributed by atoms with Crippen LogP contribution in [-0.2, 0) is 13.0 Å². The Bertz CT molecular complexity index is 658. The van der Waals surface area contributed by atoms with Crippen LogP contribution in [0.15, 0.2) is 29.6 Å². The highest BCUT2D eigenvalue weighted by Crippen LogP contribution is 2.10. The molecule has 0 atom stereocenters. The van der Waals surface area contributed by atoms with E-state index in [1.807, 2.05) is 12.1 Å². The Morgan fingerprint density at radius 1 is 1.22 bits per heavy atom. The van der Waals surface area contributed by atoms with Crippen LogP contribution in [0, 0.1) is 0 Å². The number of nitrogens with zero attached hydrogens (tertiary/aromatic N) is 1. The van der Waals surface area contributed by atoms with Crippen molar-refractivity contribution in [1.82, 2.24) is 15.6 Å². The van der Waals surface area contributed by atoms with Gasteiger partial charge < -0.3 is 16.4 Å². The first-order valence-electron chi connectivity index (χ1n) is 6.87. The van der Waals surface area contributed by atoms with Gasteiger partial charge in [-0.3, -0.25) is 9.59 Å². The van der Waals surface area contributed by atoms with Crippen LogP contribution in [0.25, 0.3) is 0 Å². The molecule has 0 bridgehead atoms. The van der Waals surface area contributed by atoms with Crippen molar-refractivity contribution < 1.29 is 9.59 Å². The topological polar surface area (TPSA) is 97.1 Å². The summed E-state index contributed by atoms with van der Waals surface area (Å²) in [6.07, 6.45) is 0.679. The second-order valence-corrected chi connectivity index (χ2v) is 5.57. The molecule has 0 saturated heterocycles. The first kappa shape index (κ1) is 19.1. The van der Waals surface area contributed by atoms with Gasteiger partial charge in [-0.25, -0.2) is 4.98 Å². The fourth-order valence-corrected chi connectivity index (χ4v) is 2.64. The standard InChI is InChI=1S/C15H18N4O2S.ClH/c1-17-14(20)11-4-2-10(3-5-11)8-18-15(21)12-9-22-13(19-12)6-7-16;/h2-5,9H,6-8,16H2,1H3,(H,17,20)(H,18,21);1H. The molecule has 2 amide bonds. The lowest BCUT2D eigenvalue weighted by Gasteiger charge is -2.05. The number of carbonyl (C=O) groups excluding carboxylic acids is 2. The molecular weight excluding hydrogens is 336 g/mol. The van der Waals surface area contributed by atoms with Crippen molar-refractivity contribution in [3.8, 4) is 0 Å². The molecular formula is C15H19ClN4O2S. The summed E-state index contributed by atoms with van der Waals surface area (Å²) in [7, 11) is 1.59. The van der Waals surface area contributed by atoms with Crippen LogP contribution >= 0.6 is 23.7 Å². The highest BCUT2D eigenvalue weighted by molar-refractivity contribution is 7.09. The molecule has 6 nitrogen and oxygen atoms in total. The highest BCUT2D eigenvalue weighted by atomic mass is 35.5. The van der Waals surface area contributed by atoms with Crippen LogP contribution in [0.5, 0.6) is 0 Å². The maximum absolute atomic E-state index is 12.0. The molecule has 0 aliphatic rings. The van der Waals surface area contributed by atoms with E-state index in [4.69, 9.17) is 5.73 Å². The molecule has 8 heteroatoms. The molecule has 0 aliphatic carbocycles. The van der Waals surface area contributed by atoms with Crippen molar-refractivity contribution in [2.45, 2.75) is 13.0 Å². The van der Waals surface area contributed by atoms with Gasteiger partial charge in [-0.1, -0.05) is 12.1 Å². The lowest BCUT2D eigenvalue weighted by molar-refractivity contribution is 0.0942. The van der Waals surface area contributed by atoms with Crippen LogP contribution in [0.2, 0.25) is 0 Å². The molecule has 2 rings (SSSR count). The van der Waals surface area contributed by atoms with Gasteiger partial charge in [0, 0.05) is 31.0 Å². The van der Waals surface area contributed by atoms with Gasteiger partial charge in [0.05, 0.1) is 5.01 Å². The van der Waals surface area contributed by atoms with Crippen LogP contribution in [0.4, 0.5) is 0 Å². The number of halogens is 1. The molecule has 0 unspecified atom stereocenters. The van der Waals surface area contributed by atoms with E-state index in [-0.39, 0.29) is 24.2 Å². The van der Waals surface area contributed by atoms with Crippen molar-refractivity contribution in [1.29, 1.82) is 0 Å². The zero-order valence-electron chi connectivity index (χ0n) is 12.7. The Morgan fingerprint density at radius 3 is 2.52 bits per heavy atom. The average Bonchev–Trinajstić information content (AvgIpc) is 3.01. The van der Waals surface area contributed by atoms with E-state index in [0.29, 0.717) is 30.8 Å². The number of nitrogens with one attached hydrogen (secondary N) is 2. The molecule has 0 spiro atoms. The summed E-state index contributed by atoms with van der Waals surface area (Å²) in [5.74, 6) is -0.347. The summed E-state index contributed by atoms with van der Waals surface area (Å²) in [5, 5.41) is 7.96. The number of amides is 2. The minimum Gasteiger partial charge on any atom is -0.355 e. The molecule has 1 aromatic heterocycles. The van der Waals surface area contributed by atoms with Gasteiger partial charge in [0.1, 0.15) is 5.69 Å². The number of rotatable bonds is 6. The third kappa shape index (κ3) is 5.31. The van der Waals surface area contributed by atoms with Crippen molar-refractivity contribution >= 4 is 35.6 Å². The van der Waals surface area contributed by atoms with Gasteiger partial charge in [-0.05, 0) is 24.2 Å². The predicted octanol–water partition coefficient (Wildman–Crippen LogP) is 1.36. The summed E-state index contributed by atoms with van der Waals surface area (Å²) < 4.78 is 0. The zero-order valence-corrected chi connectivity index (χ0v) is 14.3. The van der Waals surface area contributed by atoms with Gasteiger partial charge in [0.15, 0.2) is 0 Å². The predicted molar refractivity (Wildman–Crippen MR) is 93.1 cm³/mol. The van der Waals surface area contributed by atoms with E-state index in [1.165, 1.54) is 11.3 Å². The van der Waals surface area contributed by atoms with Crippen molar-refractivity contribution in [2.75, 3.05) is 13.6 Å². The van der Waals surface area contributed by atoms with E-state index in [1.54, 1.807) is 24.6 Å². The third-order valence-corrected chi connectivity index (χ3v) is 3.95. The fourth-order valence-electron chi connectivity index (χ4n) is 1.84. The van der Waals surface area contributed by atoms with Gasteiger partial charge in [-0.15, -0.1) is 23.7 Å². The number of benzene rings is 1. The van der Waals surface area contributed by atoms with Crippen molar-refractivity contribution in [3.63, 3.8) is 0 Å². The number of aromatic nitrogens is 1. The monoisotopic (exact) mass is 354 g/mol. The first-order valence-corrected chi connectivity index (χ1v) is 7.75. The van der Waals surface area contributed by atoms with Gasteiger partial charge in [0.25, 0.3) is 11.8 Å². The second-order valence-electron chi connectivity index (χ2n) is 4.62. The fraction of sp³-hybridized carbons (Fsp3) is 0.267. The Balaban J connectivity index is 0.00000264. The summed E-state index contributed by atoms with van der Waals surface area (Å²) in [5.41, 5.74) is 7.38. The SMILES string of the molecule is CNC(=O)c1ccc(CNC(=O)c2csc(CCN)n2)cc1.Cl. The lowest BCUT2D eigenvalue weighted by atomic mass is 10.1. The summed E-state index contributed by atoms with van der Waals surface area (Å²) >= 11 is 1.44. The zero-order chi connectivity index (χ0) is 15.9. The van der Waals surface area contributed by atoms with E-state index >= 15 is 0 Å². The summed E-state index contributed by atoms with van der Waals surface area (Å²) in [4.78, 5) is 27.7. The molecule has 1 heterocycles. The van der Waals surface area contributed by atoms with E-state index in [2.05, 4.69) is 15.6 Å². The van der Waals surface area contributed by atoms with Crippen LogP contribution in [-0.4, -0.2) is 30.4 Å². The molecule has 4 N–H and O–H groups in total. The number of hydrogen-bond donors (Lipinski definition) is 3. The highest BCUT2D eigenvalue weighted by Gasteiger charge is 2.10. The Labute approximate surface area is 144 Å². The number of thiazole rings is 1. The van der Waals surface area contributed by atoms with Gasteiger partial charge in [-0.2, -0.15) is 0 Å². The van der Waals surface area contributed by atoms with Gasteiger partial charge in [0.2, 0.25) is 0 Å². The lowest BCUT2D eigenvalue weighted by Crippen LogP contribution is -2.23. The average molecular weight is 355 g/mol. The van der Waals surface area contributed by atoms with Crippen molar-refractivity contribution in [2.24, 2.45) is 5.73 Å². The minimum absolute atomic E-state index is 0. The molecule has 0 radical (unpaired) electrons. The number of nitrogens with two attached hydrogens (primary N) is 1. The first-order chi connectivity index (χ1) is 10.6. The normalized spacial score (nSPS) is 9.83. The van der Waals surface area contributed by atoms with Crippen LogP contribution in [0.1, 0.15) is 31.4 Å². The van der Waals surface area contributed by atoms with Crippen LogP contribution in [0.3, 0.4) is 0 Å². The largest absolute Gasteiger partial charge is 0.355 e. The van der Waals surface area contributed by atoms with E-state index in [0.717, 1.165) is 10.6 Å². The Morgan fingerprint density at radius 2 is 1.91 bits per heavy atom.